The Morgan fingerprint density at radius 1 is 1.47 bits per heavy atom. The average molecular weight is 264 g/mol. The van der Waals surface area contributed by atoms with Crippen molar-refractivity contribution in [3.8, 4) is 5.75 Å². The summed E-state index contributed by atoms with van der Waals surface area (Å²) in [5.41, 5.74) is 0.146. The summed E-state index contributed by atoms with van der Waals surface area (Å²) in [5, 5.41) is 3.72. The summed E-state index contributed by atoms with van der Waals surface area (Å²) >= 11 is 0. The van der Waals surface area contributed by atoms with Gasteiger partial charge in [0.25, 0.3) is 0 Å². The van der Waals surface area contributed by atoms with Crippen LogP contribution in [0.1, 0.15) is 41.8 Å². The minimum atomic E-state index is -0.600. The number of para-hydroxylation sites is 1. The largest absolute Gasteiger partial charge is 0.482 e. The first-order chi connectivity index (χ1) is 9.11. The lowest BCUT2D eigenvalue weighted by Gasteiger charge is -2.06. The number of aldehydes is 1. The summed E-state index contributed by atoms with van der Waals surface area (Å²) in [7, 11) is 0. The molecule has 1 aromatic heterocycles. The number of rotatable bonds is 5. The molecule has 0 aliphatic carbocycles. The lowest BCUT2D eigenvalue weighted by Crippen LogP contribution is -2.02. The molecule has 5 nitrogen and oxygen atoms in total. The summed E-state index contributed by atoms with van der Waals surface area (Å²) < 4.78 is 23.8. The molecule has 0 amide bonds. The maximum atomic E-state index is 13.5. The van der Waals surface area contributed by atoms with Crippen molar-refractivity contribution in [2.45, 2.75) is 26.4 Å². The zero-order chi connectivity index (χ0) is 13.8. The highest BCUT2D eigenvalue weighted by molar-refractivity contribution is 5.79. The van der Waals surface area contributed by atoms with Crippen molar-refractivity contribution in [3.05, 3.63) is 41.3 Å². The number of benzene rings is 1. The summed E-state index contributed by atoms with van der Waals surface area (Å²) in [6.07, 6.45) is 0.536. The molecule has 0 saturated heterocycles. The molecule has 0 unspecified atom stereocenters. The van der Waals surface area contributed by atoms with Crippen LogP contribution in [0.4, 0.5) is 4.39 Å². The van der Waals surface area contributed by atoms with Crippen molar-refractivity contribution < 1.29 is 18.4 Å². The maximum Gasteiger partial charge on any atom is 0.229 e. The average Bonchev–Trinajstić information content (AvgIpc) is 2.86. The molecule has 0 atom stereocenters. The first kappa shape index (κ1) is 13.2. The van der Waals surface area contributed by atoms with Gasteiger partial charge in [0.2, 0.25) is 11.7 Å². The van der Waals surface area contributed by atoms with Gasteiger partial charge in [-0.25, -0.2) is 4.39 Å². The van der Waals surface area contributed by atoms with Gasteiger partial charge in [0, 0.05) is 5.92 Å². The number of halogens is 1. The second-order valence-electron chi connectivity index (χ2n) is 4.27. The third kappa shape index (κ3) is 2.96. The topological polar surface area (TPSA) is 65.2 Å². The van der Waals surface area contributed by atoms with Gasteiger partial charge in [-0.3, -0.25) is 4.79 Å². The van der Waals surface area contributed by atoms with Crippen LogP contribution in [0, 0.1) is 5.82 Å². The molecule has 0 N–H and O–H groups in total. The van der Waals surface area contributed by atoms with Crippen LogP contribution < -0.4 is 4.74 Å². The minimum Gasteiger partial charge on any atom is -0.482 e. The van der Waals surface area contributed by atoms with Gasteiger partial charge in [0.1, 0.15) is 0 Å². The number of ether oxygens (including phenoxy) is 1. The van der Waals surface area contributed by atoms with E-state index in [2.05, 4.69) is 10.1 Å². The molecule has 2 rings (SSSR count). The number of carbonyl (C=O) groups excluding carboxylic acids is 1. The normalized spacial score (nSPS) is 10.7. The molecule has 0 fully saturated rings. The SMILES string of the molecule is CC(C)c1nc(COc2c(F)cccc2C=O)no1. The summed E-state index contributed by atoms with van der Waals surface area (Å²) in [4.78, 5) is 14.9. The van der Waals surface area contributed by atoms with Gasteiger partial charge in [-0.1, -0.05) is 25.1 Å². The molecule has 0 aliphatic rings. The van der Waals surface area contributed by atoms with Crippen molar-refractivity contribution in [1.29, 1.82) is 0 Å². The molecule has 1 heterocycles. The molecule has 0 aliphatic heterocycles. The first-order valence-corrected chi connectivity index (χ1v) is 5.80. The van der Waals surface area contributed by atoms with Crippen molar-refractivity contribution in [1.82, 2.24) is 10.1 Å². The molecule has 19 heavy (non-hydrogen) atoms. The van der Waals surface area contributed by atoms with E-state index in [0.717, 1.165) is 0 Å². The van der Waals surface area contributed by atoms with Gasteiger partial charge in [-0.2, -0.15) is 4.98 Å². The summed E-state index contributed by atoms with van der Waals surface area (Å²) in [6, 6.07) is 4.14. The highest BCUT2D eigenvalue weighted by atomic mass is 19.1. The molecule has 0 bridgehead atoms. The zero-order valence-electron chi connectivity index (χ0n) is 10.6. The van der Waals surface area contributed by atoms with E-state index in [4.69, 9.17) is 9.26 Å². The van der Waals surface area contributed by atoms with E-state index in [1.165, 1.54) is 18.2 Å². The Hall–Kier alpha value is -2.24. The lowest BCUT2D eigenvalue weighted by atomic mass is 10.2. The van der Waals surface area contributed by atoms with E-state index in [1.807, 2.05) is 13.8 Å². The predicted octanol–water partition coefficient (Wildman–Crippen LogP) is 2.72. The highest BCUT2D eigenvalue weighted by Crippen LogP contribution is 2.22. The van der Waals surface area contributed by atoms with Crippen LogP contribution in [0.5, 0.6) is 5.75 Å². The van der Waals surface area contributed by atoms with Crippen LogP contribution in [-0.4, -0.2) is 16.4 Å². The zero-order valence-corrected chi connectivity index (χ0v) is 10.6. The Morgan fingerprint density at radius 3 is 2.89 bits per heavy atom. The van der Waals surface area contributed by atoms with Crippen molar-refractivity contribution in [2.75, 3.05) is 0 Å². The van der Waals surface area contributed by atoms with Gasteiger partial charge >= 0.3 is 0 Å². The van der Waals surface area contributed by atoms with Gasteiger partial charge in [0.05, 0.1) is 5.56 Å². The lowest BCUT2D eigenvalue weighted by molar-refractivity contribution is 0.111. The molecular weight excluding hydrogens is 251 g/mol. The van der Waals surface area contributed by atoms with Crippen LogP contribution in [-0.2, 0) is 6.61 Å². The summed E-state index contributed by atoms with van der Waals surface area (Å²) in [6.45, 7) is 3.77. The Morgan fingerprint density at radius 2 is 2.26 bits per heavy atom. The van der Waals surface area contributed by atoms with E-state index >= 15 is 0 Å². The number of aromatic nitrogens is 2. The fourth-order valence-corrected chi connectivity index (χ4v) is 1.47. The van der Waals surface area contributed by atoms with Crippen molar-refractivity contribution in [2.24, 2.45) is 0 Å². The third-order valence-corrected chi connectivity index (χ3v) is 2.45. The van der Waals surface area contributed by atoms with E-state index in [1.54, 1.807) is 0 Å². The van der Waals surface area contributed by atoms with Crippen LogP contribution in [0.25, 0.3) is 0 Å². The predicted molar refractivity (Wildman–Crippen MR) is 64.5 cm³/mol. The monoisotopic (exact) mass is 264 g/mol. The number of hydrogen-bond acceptors (Lipinski definition) is 5. The summed E-state index contributed by atoms with van der Waals surface area (Å²) in [5.74, 6) is 0.206. The number of carbonyl (C=O) groups is 1. The quantitative estimate of drug-likeness (QED) is 0.777. The van der Waals surface area contributed by atoms with Crippen LogP contribution in [0.3, 0.4) is 0 Å². The Labute approximate surface area is 109 Å². The molecule has 2 aromatic rings. The van der Waals surface area contributed by atoms with E-state index in [-0.39, 0.29) is 23.8 Å². The van der Waals surface area contributed by atoms with Crippen molar-refractivity contribution >= 4 is 6.29 Å². The Kier molecular flexibility index (Phi) is 3.89. The highest BCUT2D eigenvalue weighted by Gasteiger charge is 2.13. The van der Waals surface area contributed by atoms with Crippen molar-refractivity contribution in [3.63, 3.8) is 0 Å². The number of nitrogens with zero attached hydrogens (tertiary/aromatic N) is 2. The van der Waals surface area contributed by atoms with Crippen LogP contribution >= 0.6 is 0 Å². The van der Waals surface area contributed by atoms with E-state index in [9.17, 15) is 9.18 Å². The molecule has 0 spiro atoms. The molecule has 0 saturated carbocycles. The fourth-order valence-electron chi connectivity index (χ4n) is 1.47. The van der Waals surface area contributed by atoms with Gasteiger partial charge in [-0.15, -0.1) is 0 Å². The standard InChI is InChI=1S/C13H13FN2O3/c1-8(2)13-15-11(16-19-13)7-18-12-9(6-17)4-3-5-10(12)14/h3-6,8H,7H2,1-2H3. The van der Waals surface area contributed by atoms with Gasteiger partial charge in [0.15, 0.2) is 24.5 Å². The Bertz CT molecular complexity index is 581. The second-order valence-corrected chi connectivity index (χ2v) is 4.27. The van der Waals surface area contributed by atoms with Gasteiger partial charge < -0.3 is 9.26 Å². The molecule has 100 valence electrons. The van der Waals surface area contributed by atoms with E-state index in [0.29, 0.717) is 18.0 Å². The molecule has 0 radical (unpaired) electrons. The minimum absolute atomic E-state index is 0.0575. The maximum absolute atomic E-state index is 13.5. The molecular formula is C13H13FN2O3. The fraction of sp³-hybridized carbons (Fsp3) is 0.308. The molecule has 6 heteroatoms. The third-order valence-electron chi connectivity index (χ3n) is 2.45. The Balaban J connectivity index is 2.12. The smallest absolute Gasteiger partial charge is 0.229 e. The second kappa shape index (κ2) is 5.60. The molecule has 1 aromatic carbocycles. The van der Waals surface area contributed by atoms with Crippen LogP contribution in [0.2, 0.25) is 0 Å². The van der Waals surface area contributed by atoms with Crippen LogP contribution in [0.15, 0.2) is 22.7 Å². The van der Waals surface area contributed by atoms with Gasteiger partial charge in [-0.05, 0) is 12.1 Å². The number of hydrogen-bond donors (Lipinski definition) is 0. The van der Waals surface area contributed by atoms with E-state index < -0.39 is 5.82 Å². The first-order valence-electron chi connectivity index (χ1n) is 5.80.